The van der Waals surface area contributed by atoms with E-state index in [1.54, 1.807) is 0 Å². The Bertz CT molecular complexity index is 387. The topological polar surface area (TPSA) is 37.3 Å². The van der Waals surface area contributed by atoms with Crippen molar-refractivity contribution in [2.75, 3.05) is 0 Å². The van der Waals surface area contributed by atoms with Crippen LogP contribution in [-0.4, -0.2) is 11.1 Å². The highest BCUT2D eigenvalue weighted by Gasteiger charge is 2.24. The highest BCUT2D eigenvalue weighted by molar-refractivity contribution is 9.10. The van der Waals surface area contributed by atoms with Crippen LogP contribution < -0.4 is 0 Å². The van der Waals surface area contributed by atoms with E-state index >= 15 is 0 Å². The molecule has 3 heteroatoms. The molecule has 1 rings (SSSR count). The zero-order valence-electron chi connectivity index (χ0n) is 10.0. The van der Waals surface area contributed by atoms with Crippen molar-refractivity contribution in [1.29, 1.82) is 0 Å². The number of halogens is 1. The van der Waals surface area contributed by atoms with E-state index in [1.807, 2.05) is 39.8 Å². The summed E-state index contributed by atoms with van der Waals surface area (Å²) in [5.74, 6) is -1.08. The predicted octanol–water partition coefficient (Wildman–Crippen LogP) is 3.89. The Labute approximate surface area is 105 Å². The summed E-state index contributed by atoms with van der Waals surface area (Å²) in [6.45, 7) is 7.84. The van der Waals surface area contributed by atoms with Crippen molar-refractivity contribution in [3.8, 4) is 0 Å². The second-order valence-corrected chi connectivity index (χ2v) is 5.32. The Morgan fingerprint density at radius 2 is 1.69 bits per heavy atom. The maximum atomic E-state index is 11.2. The Morgan fingerprint density at radius 3 is 2.00 bits per heavy atom. The molecule has 0 saturated carbocycles. The molecule has 0 aromatic heterocycles. The summed E-state index contributed by atoms with van der Waals surface area (Å²) < 4.78 is 1.06. The summed E-state index contributed by atoms with van der Waals surface area (Å²) >= 11 is 3.49. The third-order valence-corrected chi connectivity index (χ3v) is 4.00. The zero-order chi connectivity index (χ0) is 12.5. The van der Waals surface area contributed by atoms with Crippen LogP contribution in [-0.2, 0) is 4.79 Å². The maximum Gasteiger partial charge on any atom is 0.311 e. The van der Waals surface area contributed by atoms with Crippen LogP contribution in [0, 0.1) is 19.8 Å². The molecule has 0 radical (unpaired) electrons. The molecule has 0 amide bonds. The van der Waals surface area contributed by atoms with Crippen molar-refractivity contribution in [1.82, 2.24) is 0 Å². The lowest BCUT2D eigenvalue weighted by Gasteiger charge is -2.18. The second-order valence-electron chi connectivity index (χ2n) is 4.53. The molecule has 0 fully saturated rings. The lowest BCUT2D eigenvalue weighted by atomic mass is 9.87. The first-order valence-electron chi connectivity index (χ1n) is 5.34. The van der Waals surface area contributed by atoms with Crippen LogP contribution in [0.3, 0.4) is 0 Å². The number of carbonyl (C=O) groups is 1. The lowest BCUT2D eigenvalue weighted by molar-refractivity contribution is -0.139. The van der Waals surface area contributed by atoms with E-state index in [4.69, 9.17) is 0 Å². The molecule has 0 aliphatic rings. The van der Waals surface area contributed by atoms with Crippen molar-refractivity contribution in [3.05, 3.63) is 33.3 Å². The molecular weight excluding hydrogens is 268 g/mol. The molecule has 0 bridgehead atoms. The smallest absolute Gasteiger partial charge is 0.311 e. The third-order valence-electron chi connectivity index (χ3n) is 2.75. The molecule has 88 valence electrons. The van der Waals surface area contributed by atoms with Crippen molar-refractivity contribution >= 4 is 21.9 Å². The summed E-state index contributed by atoms with van der Waals surface area (Å²) in [7, 11) is 0. The van der Waals surface area contributed by atoms with Crippen LogP contribution in [0.4, 0.5) is 0 Å². The highest BCUT2D eigenvalue weighted by atomic mass is 79.9. The number of aryl methyl sites for hydroxylation is 2. The predicted molar refractivity (Wildman–Crippen MR) is 68.8 cm³/mol. The van der Waals surface area contributed by atoms with Gasteiger partial charge in [0.2, 0.25) is 0 Å². The van der Waals surface area contributed by atoms with Gasteiger partial charge in [0.1, 0.15) is 0 Å². The van der Waals surface area contributed by atoms with Crippen LogP contribution in [0.1, 0.15) is 36.5 Å². The second kappa shape index (κ2) is 5.00. The van der Waals surface area contributed by atoms with Gasteiger partial charge in [0, 0.05) is 4.47 Å². The quantitative estimate of drug-likeness (QED) is 0.914. The van der Waals surface area contributed by atoms with Crippen molar-refractivity contribution in [2.45, 2.75) is 33.6 Å². The number of carboxylic acids is 1. The average Bonchev–Trinajstić information content (AvgIpc) is 2.12. The minimum atomic E-state index is -0.754. The van der Waals surface area contributed by atoms with E-state index in [0.717, 1.165) is 21.2 Å². The van der Waals surface area contributed by atoms with Gasteiger partial charge >= 0.3 is 5.97 Å². The molecule has 1 aromatic rings. The highest BCUT2D eigenvalue weighted by Crippen LogP contribution is 2.30. The van der Waals surface area contributed by atoms with Crippen LogP contribution >= 0.6 is 15.9 Å². The molecule has 0 spiro atoms. The molecule has 0 aliphatic carbocycles. The minimum absolute atomic E-state index is 0.0949. The first kappa shape index (κ1) is 13.2. The van der Waals surface area contributed by atoms with Crippen molar-refractivity contribution in [2.24, 2.45) is 5.92 Å². The molecule has 1 aromatic carbocycles. The molecule has 1 unspecified atom stereocenters. The van der Waals surface area contributed by atoms with Crippen LogP contribution in [0.5, 0.6) is 0 Å². The Balaban J connectivity index is 3.26. The monoisotopic (exact) mass is 284 g/mol. The van der Waals surface area contributed by atoms with Gasteiger partial charge in [-0.1, -0.05) is 41.9 Å². The van der Waals surface area contributed by atoms with Crippen LogP contribution in [0.15, 0.2) is 16.6 Å². The Morgan fingerprint density at radius 1 is 1.25 bits per heavy atom. The summed E-state index contributed by atoms with van der Waals surface area (Å²) in [6, 6.07) is 3.91. The van der Waals surface area contributed by atoms with Crippen LogP contribution in [0.25, 0.3) is 0 Å². The van der Waals surface area contributed by atoms with Gasteiger partial charge in [-0.25, -0.2) is 0 Å². The normalized spacial score (nSPS) is 12.9. The largest absolute Gasteiger partial charge is 0.481 e. The number of carboxylic acid groups (broad SMARTS) is 1. The van der Waals surface area contributed by atoms with Gasteiger partial charge in [-0.3, -0.25) is 4.79 Å². The summed E-state index contributed by atoms with van der Waals surface area (Å²) in [5.41, 5.74) is 3.06. The standard InChI is InChI=1S/C13H17BrO2/c1-7(2)11(13(15)16)10-5-8(3)12(14)9(4)6-10/h5-7,11H,1-4H3,(H,15,16). The van der Waals surface area contributed by atoms with E-state index < -0.39 is 11.9 Å². The minimum Gasteiger partial charge on any atom is -0.481 e. The molecule has 0 heterocycles. The van der Waals surface area contributed by atoms with Crippen molar-refractivity contribution in [3.63, 3.8) is 0 Å². The first-order valence-corrected chi connectivity index (χ1v) is 6.13. The fourth-order valence-electron chi connectivity index (χ4n) is 1.97. The number of hydrogen-bond acceptors (Lipinski definition) is 1. The SMILES string of the molecule is Cc1cc(C(C(=O)O)C(C)C)cc(C)c1Br. The number of aliphatic carboxylic acids is 1. The number of benzene rings is 1. The molecule has 1 N–H and O–H groups in total. The third kappa shape index (κ3) is 2.64. The molecule has 2 nitrogen and oxygen atoms in total. The van der Waals surface area contributed by atoms with Gasteiger partial charge in [0.05, 0.1) is 5.92 Å². The first-order chi connectivity index (χ1) is 7.34. The molecule has 1 atom stereocenters. The maximum absolute atomic E-state index is 11.2. The molecular formula is C13H17BrO2. The van der Waals surface area contributed by atoms with Crippen molar-refractivity contribution < 1.29 is 9.90 Å². The van der Waals surface area contributed by atoms with Crippen LogP contribution in [0.2, 0.25) is 0 Å². The summed E-state index contributed by atoms with van der Waals surface area (Å²) in [6.07, 6.45) is 0. The molecule has 0 saturated heterocycles. The van der Waals surface area contributed by atoms with Gasteiger partial charge in [0.25, 0.3) is 0 Å². The van der Waals surface area contributed by atoms with E-state index in [2.05, 4.69) is 15.9 Å². The zero-order valence-corrected chi connectivity index (χ0v) is 11.6. The van der Waals surface area contributed by atoms with Gasteiger partial charge in [-0.2, -0.15) is 0 Å². The Kier molecular flexibility index (Phi) is 4.14. The van der Waals surface area contributed by atoms with E-state index in [0.29, 0.717) is 0 Å². The average molecular weight is 285 g/mol. The van der Waals surface area contributed by atoms with E-state index in [9.17, 15) is 9.90 Å². The number of rotatable bonds is 3. The summed E-state index contributed by atoms with van der Waals surface area (Å²) in [5, 5.41) is 9.24. The van der Waals surface area contributed by atoms with E-state index in [-0.39, 0.29) is 5.92 Å². The van der Waals surface area contributed by atoms with E-state index in [1.165, 1.54) is 0 Å². The Hall–Kier alpha value is -0.830. The molecule has 16 heavy (non-hydrogen) atoms. The lowest BCUT2D eigenvalue weighted by Crippen LogP contribution is -2.17. The van der Waals surface area contributed by atoms with Gasteiger partial charge in [-0.15, -0.1) is 0 Å². The number of hydrogen-bond donors (Lipinski definition) is 1. The van der Waals surface area contributed by atoms with Gasteiger partial charge in [0.15, 0.2) is 0 Å². The summed E-state index contributed by atoms with van der Waals surface area (Å²) in [4.78, 5) is 11.2. The van der Waals surface area contributed by atoms with Gasteiger partial charge < -0.3 is 5.11 Å². The fourth-order valence-corrected chi connectivity index (χ4v) is 2.20. The molecule has 0 aliphatic heterocycles. The van der Waals surface area contributed by atoms with Gasteiger partial charge in [-0.05, 0) is 36.5 Å². The fraction of sp³-hybridized carbons (Fsp3) is 0.462.